The van der Waals surface area contributed by atoms with Gasteiger partial charge < -0.3 is 18.9 Å². The molecule has 1 N–H and O–H groups in total. The van der Waals surface area contributed by atoms with Crippen LogP contribution >= 0.6 is 0 Å². The summed E-state index contributed by atoms with van der Waals surface area (Å²) in [5.41, 5.74) is -0.333. The first-order valence-electron chi connectivity index (χ1n) is 7.57. The normalized spacial score (nSPS) is 11.3. The van der Waals surface area contributed by atoms with Crippen LogP contribution in [0.3, 0.4) is 0 Å². The first-order chi connectivity index (χ1) is 12.1. The predicted molar refractivity (Wildman–Crippen MR) is 91.4 cm³/mol. The Balaban J connectivity index is 2.82. The van der Waals surface area contributed by atoms with Gasteiger partial charge in [-0.25, -0.2) is 14.4 Å². The van der Waals surface area contributed by atoms with E-state index < -0.39 is 29.5 Å². The number of nitrogens with one attached hydrogen (secondary N) is 1. The molecule has 0 aliphatic rings. The topological polar surface area (TPSA) is 113 Å². The summed E-state index contributed by atoms with van der Waals surface area (Å²) in [6.45, 7) is 13.6. The highest BCUT2D eigenvalue weighted by atomic mass is 16.7. The number of amidine groups is 1. The average Bonchev–Trinajstić information content (AvgIpc) is 2.86. The highest BCUT2D eigenvalue weighted by Crippen LogP contribution is 2.16. The molecule has 1 amide bonds. The Hall–Kier alpha value is -3.35. The van der Waals surface area contributed by atoms with Crippen LogP contribution in [0.4, 0.5) is 10.5 Å². The first-order valence-corrected chi connectivity index (χ1v) is 7.57. The molecule has 140 valence electrons. The van der Waals surface area contributed by atoms with Crippen LogP contribution in [0.25, 0.3) is 4.85 Å². The van der Waals surface area contributed by atoms with E-state index in [0.717, 1.165) is 0 Å². The second-order valence-corrected chi connectivity index (χ2v) is 5.98. The smallest absolute Gasteiger partial charge is 0.412 e. The zero-order valence-corrected chi connectivity index (χ0v) is 15.2. The Morgan fingerprint density at radius 3 is 2.54 bits per heavy atom. The van der Waals surface area contributed by atoms with Gasteiger partial charge in [-0.05, 0) is 33.8 Å². The molecule has 0 aliphatic heterocycles. The minimum absolute atomic E-state index is 0.0352. The summed E-state index contributed by atoms with van der Waals surface area (Å²) in [4.78, 5) is 42.6. The fraction of sp³-hybridized carbons (Fsp3) is 0.438. The summed E-state index contributed by atoms with van der Waals surface area (Å²) < 4.78 is 11.1. The van der Waals surface area contributed by atoms with Crippen molar-refractivity contribution in [3.05, 3.63) is 29.4 Å². The third-order valence-corrected chi connectivity index (χ3v) is 2.64. The van der Waals surface area contributed by atoms with Gasteiger partial charge in [-0.1, -0.05) is 6.57 Å². The number of oxime groups is 1. The zero-order valence-electron chi connectivity index (χ0n) is 15.2. The van der Waals surface area contributed by atoms with Crippen LogP contribution in [0.5, 0.6) is 0 Å². The van der Waals surface area contributed by atoms with E-state index in [1.807, 2.05) is 0 Å². The minimum atomic E-state index is -0.991. The molecular formula is C16H20N4O6. The maximum atomic E-state index is 12.0. The number of ether oxygens (including phenoxy) is 2. The highest BCUT2D eigenvalue weighted by molar-refractivity contribution is 6.39. The second-order valence-electron chi connectivity index (χ2n) is 5.98. The van der Waals surface area contributed by atoms with E-state index in [4.69, 9.17) is 11.3 Å². The van der Waals surface area contributed by atoms with Crippen LogP contribution < -0.4 is 5.32 Å². The molecular weight excluding hydrogens is 344 g/mol. The number of carbonyl (C=O) groups is 3. The third-order valence-electron chi connectivity index (χ3n) is 2.64. The molecule has 0 fully saturated rings. The number of rotatable bonds is 4. The third kappa shape index (κ3) is 6.27. The van der Waals surface area contributed by atoms with Gasteiger partial charge in [0, 0.05) is 13.2 Å². The zero-order chi connectivity index (χ0) is 19.9. The van der Waals surface area contributed by atoms with E-state index in [9.17, 15) is 14.4 Å². The van der Waals surface area contributed by atoms with E-state index in [-0.39, 0.29) is 12.3 Å². The first kappa shape index (κ1) is 20.7. The fourth-order valence-electron chi connectivity index (χ4n) is 1.69. The van der Waals surface area contributed by atoms with E-state index >= 15 is 0 Å². The average molecular weight is 364 g/mol. The molecule has 1 rings (SSSR count). The van der Waals surface area contributed by atoms with Crippen molar-refractivity contribution in [2.75, 3.05) is 11.9 Å². The maximum Gasteiger partial charge on any atom is 0.412 e. The van der Waals surface area contributed by atoms with Crippen molar-refractivity contribution in [3.63, 3.8) is 0 Å². The molecule has 0 spiro atoms. The van der Waals surface area contributed by atoms with Gasteiger partial charge in [0.05, 0.1) is 17.4 Å². The molecule has 1 aromatic heterocycles. The molecule has 1 heterocycles. The lowest BCUT2D eigenvalue weighted by Gasteiger charge is -2.19. The van der Waals surface area contributed by atoms with E-state index in [0.29, 0.717) is 5.69 Å². The monoisotopic (exact) mass is 364 g/mol. The Morgan fingerprint density at radius 2 is 2.00 bits per heavy atom. The van der Waals surface area contributed by atoms with Crippen molar-refractivity contribution in [3.8, 4) is 0 Å². The summed E-state index contributed by atoms with van der Waals surface area (Å²) in [5, 5.41) is 5.69. The number of esters is 1. The van der Waals surface area contributed by atoms with Crippen LogP contribution in [0.1, 0.15) is 38.2 Å². The van der Waals surface area contributed by atoms with Crippen molar-refractivity contribution in [1.82, 2.24) is 4.57 Å². The summed E-state index contributed by atoms with van der Waals surface area (Å²) in [6.07, 6.45) is 0.782. The van der Waals surface area contributed by atoms with E-state index in [1.54, 1.807) is 34.7 Å². The van der Waals surface area contributed by atoms with Gasteiger partial charge in [0.1, 0.15) is 11.3 Å². The van der Waals surface area contributed by atoms with Gasteiger partial charge in [0.2, 0.25) is 0 Å². The van der Waals surface area contributed by atoms with Gasteiger partial charge in [-0.2, -0.15) is 0 Å². The van der Waals surface area contributed by atoms with Gasteiger partial charge in [-0.15, -0.1) is 0 Å². The lowest BCUT2D eigenvalue weighted by molar-refractivity contribution is -0.135. The molecule has 0 aromatic carbocycles. The number of nitrogens with zero attached hydrogens (tertiary/aromatic N) is 3. The summed E-state index contributed by atoms with van der Waals surface area (Å²) >= 11 is 0. The number of aromatic nitrogens is 1. The molecule has 26 heavy (non-hydrogen) atoms. The van der Waals surface area contributed by atoms with Crippen molar-refractivity contribution in [2.24, 2.45) is 12.2 Å². The largest absolute Gasteiger partial charge is 0.470 e. The number of hydrogen-bond acceptors (Lipinski definition) is 7. The Morgan fingerprint density at radius 1 is 1.35 bits per heavy atom. The van der Waals surface area contributed by atoms with Crippen LogP contribution in [-0.2, 0) is 26.2 Å². The maximum absolute atomic E-state index is 12.0. The molecule has 1 aromatic rings. The molecule has 0 unspecified atom stereocenters. The molecule has 0 saturated carbocycles. The summed E-state index contributed by atoms with van der Waals surface area (Å²) in [6, 6.07) is 1.34. The van der Waals surface area contributed by atoms with Crippen molar-refractivity contribution < 1.29 is 28.7 Å². The number of amides is 1. The molecule has 0 aliphatic carbocycles. The quantitative estimate of drug-likeness (QED) is 0.219. The Labute approximate surface area is 150 Å². The van der Waals surface area contributed by atoms with Crippen LogP contribution in [-0.4, -0.2) is 40.6 Å². The number of anilines is 1. The van der Waals surface area contributed by atoms with Gasteiger partial charge in [-0.3, -0.25) is 10.1 Å². The summed E-state index contributed by atoms with van der Waals surface area (Å²) in [5.74, 6) is -2.62. The van der Waals surface area contributed by atoms with Gasteiger partial charge >= 0.3 is 23.9 Å². The summed E-state index contributed by atoms with van der Waals surface area (Å²) in [7, 11) is 1.54. The molecule has 0 radical (unpaired) electrons. The van der Waals surface area contributed by atoms with E-state index in [2.05, 4.69) is 24.9 Å². The van der Waals surface area contributed by atoms with Crippen molar-refractivity contribution >= 4 is 29.6 Å². The molecule has 0 atom stereocenters. The number of hydrogen-bond donors (Lipinski definition) is 1. The van der Waals surface area contributed by atoms with Gasteiger partial charge in [0.15, 0.2) is 0 Å². The SMILES string of the molecule is [C-]#[N+]/C(=N\OC(=O)c1cc(NC(=O)OC(C)(C)C)cn1C)C(=O)OCC. The highest BCUT2D eigenvalue weighted by Gasteiger charge is 2.21. The van der Waals surface area contributed by atoms with Crippen LogP contribution in [0, 0.1) is 6.57 Å². The molecule has 0 bridgehead atoms. The van der Waals surface area contributed by atoms with Crippen molar-refractivity contribution in [2.45, 2.75) is 33.3 Å². The number of aryl methyl sites for hydroxylation is 1. The molecule has 10 nitrogen and oxygen atoms in total. The van der Waals surface area contributed by atoms with Crippen LogP contribution in [0.15, 0.2) is 17.4 Å². The van der Waals surface area contributed by atoms with Gasteiger partial charge in [0.25, 0.3) is 0 Å². The Bertz CT molecular complexity index is 767. The lowest BCUT2D eigenvalue weighted by Crippen LogP contribution is -2.27. The Kier molecular flexibility index (Phi) is 6.89. The molecule has 10 heteroatoms. The predicted octanol–water partition coefficient (Wildman–Crippen LogP) is 2.32. The second kappa shape index (κ2) is 8.66. The van der Waals surface area contributed by atoms with Crippen molar-refractivity contribution in [1.29, 1.82) is 0 Å². The van der Waals surface area contributed by atoms with E-state index in [1.165, 1.54) is 16.8 Å². The lowest BCUT2D eigenvalue weighted by atomic mass is 10.2. The van der Waals surface area contributed by atoms with Crippen LogP contribution in [0.2, 0.25) is 0 Å². The number of carbonyl (C=O) groups excluding carboxylic acids is 3. The molecule has 0 saturated heterocycles. The minimum Gasteiger partial charge on any atom is -0.470 e. The standard InChI is InChI=1S/C16H20N4O6/c1-7-24-14(22)12(17-5)19-26-13(21)11-8-10(9-20(11)6)18-15(23)25-16(2,3)4/h8-9H,7H2,1-4,6H3,(H,18,23)/b19-12-. The fourth-order valence-corrected chi connectivity index (χ4v) is 1.69.